The number of hydrogen-bond donors (Lipinski definition) is 0. The van der Waals surface area contributed by atoms with Gasteiger partial charge in [0, 0.05) is 62.6 Å². The maximum absolute atomic E-state index is 12.6. The molecule has 31 heavy (non-hydrogen) atoms. The van der Waals surface area contributed by atoms with E-state index >= 15 is 0 Å². The van der Waals surface area contributed by atoms with E-state index < -0.39 is 0 Å². The van der Waals surface area contributed by atoms with Crippen molar-refractivity contribution in [3.05, 3.63) is 58.6 Å². The molecule has 0 N–H and O–H groups in total. The number of amides is 1. The minimum Gasteiger partial charge on any atom is -0.490 e. The van der Waals surface area contributed by atoms with Crippen LogP contribution in [0.5, 0.6) is 11.5 Å². The van der Waals surface area contributed by atoms with Gasteiger partial charge in [-0.25, -0.2) is 0 Å². The molecule has 0 saturated carbocycles. The van der Waals surface area contributed by atoms with Gasteiger partial charge in [-0.1, -0.05) is 23.7 Å². The van der Waals surface area contributed by atoms with Gasteiger partial charge in [0.25, 0.3) is 0 Å². The number of hydrogen-bond acceptors (Lipinski definition) is 5. The Hall–Kier alpha value is -2.57. The molecule has 4 rings (SSSR count). The molecule has 7 heteroatoms. The molecule has 164 valence electrons. The number of carbonyl (C=O) groups is 2. The molecule has 1 fully saturated rings. The fraction of sp³-hybridized carbons (Fsp3) is 0.417. The van der Waals surface area contributed by atoms with Crippen LogP contribution >= 0.6 is 11.6 Å². The molecule has 2 heterocycles. The number of carbonyl (C=O) groups excluding carboxylic acids is 2. The lowest BCUT2D eigenvalue weighted by molar-refractivity contribution is -0.132. The van der Waals surface area contributed by atoms with E-state index in [1.54, 1.807) is 18.2 Å². The Balaban J connectivity index is 1.23. The predicted molar refractivity (Wildman–Crippen MR) is 119 cm³/mol. The van der Waals surface area contributed by atoms with E-state index in [1.165, 1.54) is 5.56 Å². The predicted octanol–water partition coefficient (Wildman–Crippen LogP) is 3.81. The minimum absolute atomic E-state index is 0.0360. The molecule has 0 unspecified atom stereocenters. The fourth-order valence-electron chi connectivity index (χ4n) is 3.86. The van der Waals surface area contributed by atoms with E-state index in [1.807, 2.05) is 29.2 Å². The Morgan fingerprint density at radius 1 is 0.871 bits per heavy atom. The van der Waals surface area contributed by atoms with E-state index in [0.29, 0.717) is 43.4 Å². The molecule has 1 saturated heterocycles. The van der Waals surface area contributed by atoms with Crippen molar-refractivity contribution in [2.75, 3.05) is 39.4 Å². The van der Waals surface area contributed by atoms with Gasteiger partial charge in [-0.15, -0.1) is 0 Å². The number of rotatable bonds is 6. The monoisotopic (exact) mass is 442 g/mol. The van der Waals surface area contributed by atoms with Crippen molar-refractivity contribution in [3.8, 4) is 11.5 Å². The minimum atomic E-state index is -0.0506. The van der Waals surface area contributed by atoms with Crippen LogP contribution in [-0.4, -0.2) is 60.9 Å². The van der Waals surface area contributed by atoms with Crippen molar-refractivity contribution in [2.45, 2.75) is 25.8 Å². The molecule has 0 atom stereocenters. The summed E-state index contributed by atoms with van der Waals surface area (Å²) >= 11 is 5.94. The zero-order valence-electron chi connectivity index (χ0n) is 17.5. The number of halogens is 1. The van der Waals surface area contributed by atoms with Crippen molar-refractivity contribution in [2.24, 2.45) is 0 Å². The summed E-state index contributed by atoms with van der Waals surface area (Å²) < 4.78 is 11.3. The lowest BCUT2D eigenvalue weighted by Gasteiger charge is -2.34. The smallest absolute Gasteiger partial charge is 0.223 e. The van der Waals surface area contributed by atoms with Crippen LogP contribution < -0.4 is 9.47 Å². The Labute approximate surface area is 187 Å². The van der Waals surface area contributed by atoms with E-state index in [0.717, 1.165) is 31.1 Å². The fourth-order valence-corrected chi connectivity index (χ4v) is 3.99. The van der Waals surface area contributed by atoms with Gasteiger partial charge in [-0.05, 0) is 35.9 Å². The third kappa shape index (κ3) is 5.77. The Bertz CT molecular complexity index is 924. The first-order valence-electron chi connectivity index (χ1n) is 10.8. The molecule has 0 aliphatic carbocycles. The van der Waals surface area contributed by atoms with Crippen LogP contribution in [0.25, 0.3) is 0 Å². The second kappa shape index (κ2) is 10.2. The summed E-state index contributed by atoms with van der Waals surface area (Å²) in [5.41, 5.74) is 1.77. The van der Waals surface area contributed by atoms with Crippen LogP contribution in [0.4, 0.5) is 0 Å². The molecule has 0 bridgehead atoms. The average Bonchev–Trinajstić information content (AvgIpc) is 3.04. The normalized spacial score (nSPS) is 16.6. The first kappa shape index (κ1) is 21.7. The first-order valence-corrected chi connectivity index (χ1v) is 11.1. The summed E-state index contributed by atoms with van der Waals surface area (Å²) in [5.74, 6) is 1.26. The van der Waals surface area contributed by atoms with Crippen LogP contribution in [-0.2, 0) is 11.3 Å². The number of piperazine rings is 1. The van der Waals surface area contributed by atoms with Crippen molar-refractivity contribution in [3.63, 3.8) is 0 Å². The van der Waals surface area contributed by atoms with E-state index in [9.17, 15) is 9.59 Å². The lowest BCUT2D eigenvalue weighted by Crippen LogP contribution is -2.48. The molecule has 2 aliphatic heterocycles. The van der Waals surface area contributed by atoms with Gasteiger partial charge in [0.1, 0.15) is 0 Å². The summed E-state index contributed by atoms with van der Waals surface area (Å²) in [7, 11) is 0. The van der Waals surface area contributed by atoms with Crippen molar-refractivity contribution >= 4 is 23.3 Å². The zero-order valence-corrected chi connectivity index (χ0v) is 18.3. The molecule has 6 nitrogen and oxygen atoms in total. The van der Waals surface area contributed by atoms with Gasteiger partial charge in [-0.3, -0.25) is 14.5 Å². The van der Waals surface area contributed by atoms with Gasteiger partial charge in [0.15, 0.2) is 17.3 Å². The lowest BCUT2D eigenvalue weighted by atomic mass is 10.1. The number of fused-ring (bicyclic) bond motifs is 1. The quantitative estimate of drug-likeness (QED) is 0.637. The zero-order chi connectivity index (χ0) is 21.6. The second-order valence-corrected chi connectivity index (χ2v) is 8.36. The molecule has 2 aromatic carbocycles. The van der Waals surface area contributed by atoms with Gasteiger partial charge >= 0.3 is 0 Å². The third-order valence-corrected chi connectivity index (χ3v) is 5.93. The number of nitrogens with zero attached hydrogens (tertiary/aromatic N) is 2. The van der Waals surface area contributed by atoms with Gasteiger partial charge < -0.3 is 14.4 Å². The largest absolute Gasteiger partial charge is 0.490 e. The van der Waals surface area contributed by atoms with Crippen molar-refractivity contribution in [1.82, 2.24) is 9.80 Å². The SMILES string of the molecule is O=C(CCC(=O)N1CCN(Cc2ccc(Cl)cc2)CC1)c1ccc2c(c1)OCCCO2. The summed E-state index contributed by atoms with van der Waals surface area (Å²) in [5, 5.41) is 0.737. The van der Waals surface area contributed by atoms with E-state index in [-0.39, 0.29) is 24.5 Å². The molecular weight excluding hydrogens is 416 g/mol. The molecule has 0 aromatic heterocycles. The highest BCUT2D eigenvalue weighted by Crippen LogP contribution is 2.31. The Morgan fingerprint density at radius 3 is 2.32 bits per heavy atom. The second-order valence-electron chi connectivity index (χ2n) is 7.92. The van der Waals surface area contributed by atoms with Crippen LogP contribution in [0.2, 0.25) is 5.02 Å². The maximum atomic E-state index is 12.6. The molecule has 2 aromatic rings. The molecular formula is C24H27ClN2O4. The van der Waals surface area contributed by atoms with Crippen molar-refractivity contribution in [1.29, 1.82) is 0 Å². The van der Waals surface area contributed by atoms with Crippen LogP contribution in [0.3, 0.4) is 0 Å². The summed E-state index contributed by atoms with van der Waals surface area (Å²) in [6.45, 7) is 5.06. The van der Waals surface area contributed by atoms with Crippen molar-refractivity contribution < 1.29 is 19.1 Å². The molecule has 2 aliphatic rings. The molecule has 0 spiro atoms. The molecule has 0 radical (unpaired) electrons. The molecule has 1 amide bonds. The number of benzene rings is 2. The van der Waals surface area contributed by atoms with Crippen LogP contribution in [0.15, 0.2) is 42.5 Å². The van der Waals surface area contributed by atoms with Gasteiger partial charge in [0.05, 0.1) is 13.2 Å². The Morgan fingerprint density at radius 2 is 1.58 bits per heavy atom. The highest BCUT2D eigenvalue weighted by molar-refractivity contribution is 6.30. The van der Waals surface area contributed by atoms with Crippen LogP contribution in [0.1, 0.15) is 35.2 Å². The number of ether oxygens (including phenoxy) is 2. The van der Waals surface area contributed by atoms with Crippen LogP contribution in [0, 0.1) is 0 Å². The number of Topliss-reactive ketones (excluding diaryl/α,β-unsaturated/α-hetero) is 1. The van der Waals surface area contributed by atoms with E-state index in [2.05, 4.69) is 4.90 Å². The topological polar surface area (TPSA) is 59.1 Å². The number of ketones is 1. The van der Waals surface area contributed by atoms with Gasteiger partial charge in [-0.2, -0.15) is 0 Å². The van der Waals surface area contributed by atoms with Gasteiger partial charge in [0.2, 0.25) is 5.91 Å². The Kier molecular flexibility index (Phi) is 7.10. The summed E-state index contributed by atoms with van der Waals surface area (Å²) in [4.78, 5) is 29.4. The standard InChI is InChI=1S/C24H27ClN2O4/c25-20-5-2-18(3-6-20)17-26-10-12-27(13-11-26)24(29)9-7-21(28)19-4-8-22-23(16-19)31-15-1-14-30-22/h2-6,8,16H,1,7,9-15,17H2. The summed E-state index contributed by atoms with van der Waals surface area (Å²) in [6, 6.07) is 13.1. The van der Waals surface area contributed by atoms with E-state index in [4.69, 9.17) is 21.1 Å². The highest BCUT2D eigenvalue weighted by atomic mass is 35.5. The third-order valence-electron chi connectivity index (χ3n) is 5.68. The first-order chi connectivity index (χ1) is 15.1. The average molecular weight is 443 g/mol. The maximum Gasteiger partial charge on any atom is 0.223 e. The highest BCUT2D eigenvalue weighted by Gasteiger charge is 2.22. The summed E-state index contributed by atoms with van der Waals surface area (Å²) in [6.07, 6.45) is 1.24.